The van der Waals surface area contributed by atoms with Crippen LogP contribution in [0.4, 0.5) is 5.69 Å². The van der Waals surface area contributed by atoms with Crippen molar-refractivity contribution in [1.82, 2.24) is 0 Å². The highest BCUT2D eigenvalue weighted by atomic mass is 79.9. The highest BCUT2D eigenvalue weighted by Gasteiger charge is 2.32. The average Bonchev–Trinajstić information content (AvgIpc) is 2.75. The third-order valence-electron chi connectivity index (χ3n) is 3.96. The van der Waals surface area contributed by atoms with Gasteiger partial charge in [-0.15, -0.1) is 0 Å². The quantitative estimate of drug-likeness (QED) is 0.893. The minimum Gasteiger partial charge on any atom is -0.388 e. The predicted octanol–water partition coefficient (Wildman–Crippen LogP) is 3.21. The molecule has 1 saturated carbocycles. The summed E-state index contributed by atoms with van der Waals surface area (Å²) in [5.41, 5.74) is 7.74. The molecule has 1 fully saturated rings. The normalized spacial score (nSPS) is 19.4. The lowest BCUT2D eigenvalue weighted by atomic mass is 10.00. The van der Waals surface area contributed by atoms with Crippen LogP contribution in [0.15, 0.2) is 22.7 Å². The Morgan fingerprint density at radius 1 is 1.42 bits per heavy atom. The zero-order valence-corrected chi connectivity index (χ0v) is 13.3. The van der Waals surface area contributed by atoms with Gasteiger partial charge >= 0.3 is 0 Å². The molecule has 1 aromatic rings. The van der Waals surface area contributed by atoms with Crippen LogP contribution in [-0.2, 0) is 0 Å². The Bertz CT molecular complexity index is 442. The van der Waals surface area contributed by atoms with Gasteiger partial charge in [-0.05, 0) is 43.5 Å². The van der Waals surface area contributed by atoms with E-state index in [2.05, 4.69) is 33.0 Å². The number of rotatable bonds is 4. The molecule has 3 N–H and O–H groups in total. The van der Waals surface area contributed by atoms with Crippen LogP contribution in [-0.4, -0.2) is 24.3 Å². The molecule has 0 radical (unpaired) electrons. The molecule has 0 aliphatic heterocycles. The summed E-state index contributed by atoms with van der Waals surface area (Å²) < 4.78 is 1.04. The van der Waals surface area contributed by atoms with E-state index in [-0.39, 0.29) is 6.04 Å². The van der Waals surface area contributed by atoms with Crippen molar-refractivity contribution >= 4 is 21.6 Å². The first kappa shape index (κ1) is 14.8. The van der Waals surface area contributed by atoms with Crippen LogP contribution in [0.3, 0.4) is 0 Å². The van der Waals surface area contributed by atoms with E-state index >= 15 is 0 Å². The Morgan fingerprint density at radius 3 is 2.63 bits per heavy atom. The molecule has 0 bridgehead atoms. The SMILES string of the molecule is CC(N)c1cc(Br)ccc1N(C)CC1(O)CCCC1. The van der Waals surface area contributed by atoms with Crippen LogP contribution in [0, 0.1) is 0 Å². The van der Waals surface area contributed by atoms with Gasteiger partial charge in [0, 0.05) is 29.8 Å². The molecule has 0 saturated heterocycles. The molecule has 19 heavy (non-hydrogen) atoms. The zero-order chi connectivity index (χ0) is 14.0. The number of hydrogen-bond acceptors (Lipinski definition) is 3. The standard InChI is InChI=1S/C15H23BrN2O/c1-11(17)13-9-12(16)5-6-14(13)18(2)10-15(19)7-3-4-8-15/h5-6,9,11,19H,3-4,7-8,10,17H2,1-2H3. The van der Waals surface area contributed by atoms with Gasteiger partial charge in [0.05, 0.1) is 5.60 Å². The number of halogens is 1. The summed E-state index contributed by atoms with van der Waals surface area (Å²) in [7, 11) is 2.03. The van der Waals surface area contributed by atoms with Gasteiger partial charge in [-0.3, -0.25) is 0 Å². The van der Waals surface area contributed by atoms with E-state index in [0.717, 1.165) is 41.4 Å². The largest absolute Gasteiger partial charge is 0.388 e. The topological polar surface area (TPSA) is 49.5 Å². The van der Waals surface area contributed by atoms with Crippen molar-refractivity contribution in [2.75, 3.05) is 18.5 Å². The highest BCUT2D eigenvalue weighted by Crippen LogP contribution is 2.33. The second-order valence-corrected chi connectivity index (χ2v) is 6.69. The molecule has 1 unspecified atom stereocenters. The summed E-state index contributed by atoms with van der Waals surface area (Å²) in [4.78, 5) is 2.14. The number of likely N-dealkylation sites (N-methyl/N-ethyl adjacent to an activating group) is 1. The third-order valence-corrected chi connectivity index (χ3v) is 4.45. The molecule has 0 heterocycles. The van der Waals surface area contributed by atoms with Crippen LogP contribution in [0.25, 0.3) is 0 Å². The fraction of sp³-hybridized carbons (Fsp3) is 0.600. The van der Waals surface area contributed by atoms with Crippen LogP contribution in [0.5, 0.6) is 0 Å². The van der Waals surface area contributed by atoms with Gasteiger partial charge in [-0.1, -0.05) is 28.8 Å². The van der Waals surface area contributed by atoms with Gasteiger partial charge in [-0.25, -0.2) is 0 Å². The first-order valence-electron chi connectivity index (χ1n) is 6.90. The molecule has 0 amide bonds. The van der Waals surface area contributed by atoms with Gasteiger partial charge in [0.2, 0.25) is 0 Å². The molecule has 1 atom stereocenters. The maximum absolute atomic E-state index is 10.5. The second-order valence-electron chi connectivity index (χ2n) is 5.78. The Labute approximate surface area is 123 Å². The van der Waals surface area contributed by atoms with Crippen LogP contribution in [0.1, 0.15) is 44.2 Å². The van der Waals surface area contributed by atoms with E-state index in [9.17, 15) is 5.11 Å². The molecule has 1 aromatic carbocycles. The third kappa shape index (κ3) is 3.50. The maximum Gasteiger partial charge on any atom is 0.0821 e. The minimum atomic E-state index is -0.531. The van der Waals surface area contributed by atoms with Crippen molar-refractivity contribution in [1.29, 1.82) is 0 Å². The number of benzene rings is 1. The van der Waals surface area contributed by atoms with Crippen molar-refractivity contribution in [2.24, 2.45) is 5.73 Å². The van der Waals surface area contributed by atoms with Crippen LogP contribution >= 0.6 is 15.9 Å². The van der Waals surface area contributed by atoms with Crippen molar-refractivity contribution in [3.05, 3.63) is 28.2 Å². The molecule has 4 heteroatoms. The van der Waals surface area contributed by atoms with Gasteiger partial charge < -0.3 is 15.7 Å². The van der Waals surface area contributed by atoms with Gasteiger partial charge in [0.1, 0.15) is 0 Å². The number of hydrogen-bond donors (Lipinski definition) is 2. The Hall–Kier alpha value is -0.580. The lowest BCUT2D eigenvalue weighted by Gasteiger charge is -2.32. The fourth-order valence-corrected chi connectivity index (χ4v) is 3.33. The van der Waals surface area contributed by atoms with E-state index in [0.29, 0.717) is 6.54 Å². The average molecular weight is 327 g/mol. The molecule has 2 rings (SSSR count). The number of nitrogens with two attached hydrogens (primary N) is 1. The molecule has 1 aliphatic carbocycles. The first-order chi connectivity index (χ1) is 8.91. The van der Waals surface area contributed by atoms with Gasteiger partial charge in [0.15, 0.2) is 0 Å². The predicted molar refractivity (Wildman–Crippen MR) is 83.4 cm³/mol. The summed E-state index contributed by atoms with van der Waals surface area (Å²) in [5, 5.41) is 10.5. The minimum absolute atomic E-state index is 0.0202. The molecule has 106 valence electrons. The first-order valence-corrected chi connectivity index (χ1v) is 7.69. The van der Waals surface area contributed by atoms with Crippen LogP contribution in [0.2, 0.25) is 0 Å². The summed E-state index contributed by atoms with van der Waals surface area (Å²) in [6.07, 6.45) is 4.07. The summed E-state index contributed by atoms with van der Waals surface area (Å²) in [6.45, 7) is 2.66. The Balaban J connectivity index is 2.20. The molecule has 1 aliphatic rings. The molecule has 3 nitrogen and oxygen atoms in total. The monoisotopic (exact) mass is 326 g/mol. The van der Waals surface area contributed by atoms with E-state index in [4.69, 9.17) is 5.73 Å². The van der Waals surface area contributed by atoms with Crippen molar-refractivity contribution in [2.45, 2.75) is 44.2 Å². The van der Waals surface area contributed by atoms with Gasteiger partial charge in [0.25, 0.3) is 0 Å². The summed E-state index contributed by atoms with van der Waals surface area (Å²) in [6, 6.07) is 6.14. The van der Waals surface area contributed by atoms with Crippen LogP contribution < -0.4 is 10.6 Å². The maximum atomic E-state index is 10.5. The van der Waals surface area contributed by atoms with E-state index in [1.165, 1.54) is 0 Å². The fourth-order valence-electron chi connectivity index (χ4n) is 2.96. The van der Waals surface area contributed by atoms with E-state index in [1.807, 2.05) is 20.0 Å². The molecular weight excluding hydrogens is 304 g/mol. The molecule has 0 aromatic heterocycles. The van der Waals surface area contributed by atoms with Gasteiger partial charge in [-0.2, -0.15) is 0 Å². The Kier molecular flexibility index (Phi) is 4.54. The lowest BCUT2D eigenvalue weighted by Crippen LogP contribution is -2.39. The van der Waals surface area contributed by atoms with Crippen molar-refractivity contribution < 1.29 is 5.11 Å². The molecule has 0 spiro atoms. The van der Waals surface area contributed by atoms with Crippen molar-refractivity contribution in [3.8, 4) is 0 Å². The second kappa shape index (κ2) is 5.81. The number of nitrogens with zero attached hydrogens (tertiary/aromatic N) is 1. The number of anilines is 1. The number of aliphatic hydroxyl groups is 1. The highest BCUT2D eigenvalue weighted by molar-refractivity contribution is 9.10. The zero-order valence-electron chi connectivity index (χ0n) is 11.7. The molecular formula is C15H23BrN2O. The van der Waals surface area contributed by atoms with E-state index < -0.39 is 5.60 Å². The smallest absolute Gasteiger partial charge is 0.0821 e. The van der Waals surface area contributed by atoms with Crippen molar-refractivity contribution in [3.63, 3.8) is 0 Å². The summed E-state index contributed by atoms with van der Waals surface area (Å²) in [5.74, 6) is 0. The lowest BCUT2D eigenvalue weighted by molar-refractivity contribution is 0.0559. The van der Waals surface area contributed by atoms with E-state index in [1.54, 1.807) is 0 Å². The summed E-state index contributed by atoms with van der Waals surface area (Å²) >= 11 is 3.49. The Morgan fingerprint density at radius 2 is 2.05 bits per heavy atom.